The van der Waals surface area contributed by atoms with E-state index in [4.69, 9.17) is 0 Å². The second-order valence-corrected chi connectivity index (χ2v) is 6.17. The van der Waals surface area contributed by atoms with Crippen molar-refractivity contribution in [1.29, 1.82) is 0 Å². The van der Waals surface area contributed by atoms with E-state index in [-0.39, 0.29) is 11.9 Å². The van der Waals surface area contributed by atoms with Crippen LogP contribution in [0.25, 0.3) is 0 Å². The van der Waals surface area contributed by atoms with Crippen molar-refractivity contribution in [3.63, 3.8) is 0 Å². The number of hydrogen-bond acceptors (Lipinski definition) is 2. The fourth-order valence-corrected chi connectivity index (χ4v) is 3.06. The molecule has 0 bridgehead atoms. The van der Waals surface area contributed by atoms with Gasteiger partial charge in [-0.25, -0.2) is 0 Å². The summed E-state index contributed by atoms with van der Waals surface area (Å²) in [5.74, 6) is 0.0503. The number of pyridine rings is 1. The zero-order valence-corrected chi connectivity index (χ0v) is 13.1. The van der Waals surface area contributed by atoms with E-state index in [0.717, 1.165) is 34.4 Å². The molecule has 2 aromatic heterocycles. The Morgan fingerprint density at radius 1 is 1.45 bits per heavy atom. The summed E-state index contributed by atoms with van der Waals surface area (Å²) in [5, 5.41) is 0. The molecule has 0 saturated carbocycles. The Morgan fingerprint density at radius 2 is 2.25 bits per heavy atom. The molecule has 20 heavy (non-hydrogen) atoms. The Hall–Kier alpha value is -1.62. The summed E-state index contributed by atoms with van der Waals surface area (Å²) in [6, 6.07) is 4.05. The lowest BCUT2D eigenvalue weighted by molar-refractivity contribution is 0.0979. The molecule has 2 aromatic rings. The smallest absolute Gasteiger partial charge is 0.274 e. The summed E-state index contributed by atoms with van der Waals surface area (Å²) < 4.78 is 2.94. The number of hydrogen-bond donors (Lipinski definition) is 0. The number of anilines is 1. The molecule has 0 fully saturated rings. The van der Waals surface area contributed by atoms with Crippen molar-refractivity contribution in [3.05, 3.63) is 46.5 Å². The van der Waals surface area contributed by atoms with Crippen LogP contribution >= 0.6 is 15.9 Å². The maximum Gasteiger partial charge on any atom is 0.274 e. The first-order valence-electron chi connectivity index (χ1n) is 6.70. The largest absolute Gasteiger partial charge is 0.340 e. The van der Waals surface area contributed by atoms with Crippen LogP contribution in [-0.4, -0.2) is 22.0 Å². The van der Waals surface area contributed by atoms with Gasteiger partial charge < -0.3 is 9.47 Å². The minimum Gasteiger partial charge on any atom is -0.340 e. The molecule has 0 radical (unpaired) electrons. The highest BCUT2D eigenvalue weighted by atomic mass is 79.9. The van der Waals surface area contributed by atoms with E-state index in [0.29, 0.717) is 0 Å². The third-order valence-electron chi connectivity index (χ3n) is 3.61. The monoisotopic (exact) mass is 333 g/mol. The van der Waals surface area contributed by atoms with Crippen molar-refractivity contribution in [1.82, 2.24) is 9.55 Å². The molecule has 5 heteroatoms. The van der Waals surface area contributed by atoms with Gasteiger partial charge in [-0.3, -0.25) is 9.78 Å². The van der Waals surface area contributed by atoms with Gasteiger partial charge in [0.05, 0.1) is 5.69 Å². The zero-order chi connectivity index (χ0) is 14.3. The molecule has 0 N–H and O–H groups in total. The highest BCUT2D eigenvalue weighted by Gasteiger charge is 2.28. The van der Waals surface area contributed by atoms with Crippen LogP contribution in [0.5, 0.6) is 0 Å². The summed E-state index contributed by atoms with van der Waals surface area (Å²) >= 11 is 3.46. The third kappa shape index (κ3) is 2.16. The lowest BCUT2D eigenvalue weighted by atomic mass is 10.2. The lowest BCUT2D eigenvalue weighted by Gasteiger charge is -2.19. The molecule has 1 amide bonds. The molecule has 4 nitrogen and oxygen atoms in total. The van der Waals surface area contributed by atoms with E-state index in [1.807, 2.05) is 34.0 Å². The van der Waals surface area contributed by atoms with Crippen LogP contribution in [-0.2, 0) is 6.42 Å². The van der Waals surface area contributed by atoms with Gasteiger partial charge in [0.25, 0.3) is 5.91 Å². The van der Waals surface area contributed by atoms with E-state index >= 15 is 0 Å². The minimum atomic E-state index is 0.0503. The van der Waals surface area contributed by atoms with E-state index in [1.54, 1.807) is 6.20 Å². The zero-order valence-electron chi connectivity index (χ0n) is 11.5. The summed E-state index contributed by atoms with van der Waals surface area (Å²) in [7, 11) is 0. The molecule has 0 unspecified atom stereocenters. The Bertz CT molecular complexity index is 663. The van der Waals surface area contributed by atoms with Crippen LogP contribution in [0.4, 0.5) is 5.69 Å². The molecule has 3 heterocycles. The van der Waals surface area contributed by atoms with Crippen molar-refractivity contribution in [2.45, 2.75) is 26.3 Å². The van der Waals surface area contributed by atoms with Gasteiger partial charge in [-0.2, -0.15) is 0 Å². The van der Waals surface area contributed by atoms with Gasteiger partial charge in [-0.05, 0) is 53.9 Å². The first-order valence-corrected chi connectivity index (χ1v) is 7.49. The average Bonchev–Trinajstić information content (AvgIpc) is 3.01. The maximum absolute atomic E-state index is 12.8. The normalized spacial score (nSPS) is 13.9. The standard InChI is InChI=1S/C15H16BrN3O/c1-10(2)19-9-12(16)7-14(19)15(20)18-6-4-11-8-17-5-3-13(11)18/h3,5,7-10H,4,6H2,1-2H3. The Labute approximate surface area is 126 Å². The van der Waals surface area contributed by atoms with Gasteiger partial charge in [-0.15, -0.1) is 0 Å². The number of aromatic nitrogens is 2. The van der Waals surface area contributed by atoms with Gasteiger partial charge in [0.2, 0.25) is 0 Å². The molecule has 104 valence electrons. The van der Waals surface area contributed by atoms with Gasteiger partial charge in [0, 0.05) is 35.6 Å². The van der Waals surface area contributed by atoms with Crippen LogP contribution in [0.3, 0.4) is 0 Å². The van der Waals surface area contributed by atoms with Crippen LogP contribution in [0.1, 0.15) is 35.9 Å². The fraction of sp³-hybridized carbons (Fsp3) is 0.333. The van der Waals surface area contributed by atoms with E-state index in [1.165, 1.54) is 0 Å². The number of amides is 1. The number of nitrogens with zero attached hydrogens (tertiary/aromatic N) is 3. The molecule has 0 atom stereocenters. The SMILES string of the molecule is CC(C)n1cc(Br)cc1C(=O)N1CCc2cnccc21. The molecule has 1 aliphatic heterocycles. The number of carbonyl (C=O) groups excluding carboxylic acids is 1. The van der Waals surface area contributed by atoms with Crippen LogP contribution in [0, 0.1) is 0 Å². The molecule has 0 aromatic carbocycles. The van der Waals surface area contributed by atoms with Crippen molar-refractivity contribution in [2.75, 3.05) is 11.4 Å². The van der Waals surface area contributed by atoms with Crippen molar-refractivity contribution < 1.29 is 4.79 Å². The summed E-state index contributed by atoms with van der Waals surface area (Å²) in [6.45, 7) is 4.87. The number of halogens is 1. The number of carbonyl (C=O) groups is 1. The van der Waals surface area contributed by atoms with Gasteiger partial charge in [-0.1, -0.05) is 0 Å². The highest BCUT2D eigenvalue weighted by Crippen LogP contribution is 2.29. The number of rotatable bonds is 2. The predicted octanol–water partition coefficient (Wildman–Crippen LogP) is 3.43. The molecular formula is C15H16BrN3O. The minimum absolute atomic E-state index is 0.0503. The predicted molar refractivity (Wildman–Crippen MR) is 82.1 cm³/mol. The quantitative estimate of drug-likeness (QED) is 0.844. The van der Waals surface area contributed by atoms with Crippen molar-refractivity contribution in [2.24, 2.45) is 0 Å². The Balaban J connectivity index is 1.99. The van der Waals surface area contributed by atoms with Gasteiger partial charge >= 0.3 is 0 Å². The van der Waals surface area contributed by atoms with Gasteiger partial charge in [0.1, 0.15) is 5.69 Å². The second kappa shape index (κ2) is 5.05. The summed E-state index contributed by atoms with van der Waals surface area (Å²) in [4.78, 5) is 18.8. The van der Waals surface area contributed by atoms with E-state index < -0.39 is 0 Å². The molecule has 0 aliphatic carbocycles. The van der Waals surface area contributed by atoms with Crippen molar-refractivity contribution in [3.8, 4) is 0 Å². The Morgan fingerprint density at radius 3 is 3.00 bits per heavy atom. The third-order valence-corrected chi connectivity index (χ3v) is 4.04. The molecule has 0 saturated heterocycles. The molecule has 3 rings (SSSR count). The summed E-state index contributed by atoms with van der Waals surface area (Å²) in [5.41, 5.74) is 2.84. The highest BCUT2D eigenvalue weighted by molar-refractivity contribution is 9.10. The fourth-order valence-electron chi connectivity index (χ4n) is 2.62. The molecule has 1 aliphatic rings. The second-order valence-electron chi connectivity index (χ2n) is 5.26. The van der Waals surface area contributed by atoms with Crippen LogP contribution in [0.15, 0.2) is 35.2 Å². The van der Waals surface area contributed by atoms with Crippen molar-refractivity contribution >= 4 is 27.5 Å². The van der Waals surface area contributed by atoms with Crippen LogP contribution in [0.2, 0.25) is 0 Å². The van der Waals surface area contributed by atoms with E-state index in [9.17, 15) is 4.79 Å². The number of fused-ring (bicyclic) bond motifs is 1. The lowest BCUT2D eigenvalue weighted by Crippen LogP contribution is -2.31. The van der Waals surface area contributed by atoms with Crippen LogP contribution < -0.4 is 4.90 Å². The molecule has 0 spiro atoms. The van der Waals surface area contributed by atoms with E-state index in [2.05, 4.69) is 34.8 Å². The average molecular weight is 334 g/mol. The molecular weight excluding hydrogens is 318 g/mol. The maximum atomic E-state index is 12.8. The first kappa shape index (κ1) is 13.4. The topological polar surface area (TPSA) is 38.1 Å². The van der Waals surface area contributed by atoms with Gasteiger partial charge in [0.15, 0.2) is 0 Å². The first-order chi connectivity index (χ1) is 9.58. The summed E-state index contributed by atoms with van der Waals surface area (Å²) in [6.07, 6.45) is 6.42. The Kier molecular flexibility index (Phi) is 3.38.